The van der Waals surface area contributed by atoms with Gasteiger partial charge in [-0.05, 0) is 72.0 Å². The molecular formula is C32H33Cl2N3O7S. The van der Waals surface area contributed by atoms with Gasteiger partial charge < -0.3 is 14.7 Å². The topological polar surface area (TPSA) is 134 Å². The van der Waals surface area contributed by atoms with Gasteiger partial charge in [0.05, 0.1) is 42.2 Å². The predicted molar refractivity (Wildman–Crippen MR) is 170 cm³/mol. The van der Waals surface area contributed by atoms with Gasteiger partial charge in [0.1, 0.15) is 5.75 Å². The summed E-state index contributed by atoms with van der Waals surface area (Å²) >= 11 is 13.0. The Morgan fingerprint density at radius 3 is 2.56 bits per heavy atom. The molecule has 3 N–H and O–H groups in total. The summed E-state index contributed by atoms with van der Waals surface area (Å²) in [6.45, 7) is -0.0673. The first-order chi connectivity index (χ1) is 21.6. The number of hydroxylamine groups is 1. The summed E-state index contributed by atoms with van der Waals surface area (Å²) in [5.41, 5.74) is 4.51. The summed E-state index contributed by atoms with van der Waals surface area (Å²) in [6.07, 6.45) is 4.55. The van der Waals surface area contributed by atoms with Crippen molar-refractivity contribution in [2.45, 2.75) is 56.3 Å². The van der Waals surface area contributed by atoms with Crippen molar-refractivity contribution in [1.29, 1.82) is 0 Å². The number of amides is 2. The zero-order chi connectivity index (χ0) is 32.2. The van der Waals surface area contributed by atoms with Crippen molar-refractivity contribution in [3.8, 4) is 5.75 Å². The molecule has 1 saturated carbocycles. The number of fused-ring (bicyclic) bond motifs is 1. The molecule has 2 amide bonds. The van der Waals surface area contributed by atoms with Crippen molar-refractivity contribution in [3.63, 3.8) is 0 Å². The average molecular weight is 675 g/mol. The lowest BCUT2D eigenvalue weighted by Crippen LogP contribution is -2.58. The number of hydrogen-bond donors (Lipinski definition) is 3. The molecule has 10 nitrogen and oxygen atoms in total. The van der Waals surface area contributed by atoms with E-state index in [-0.39, 0.29) is 34.9 Å². The van der Waals surface area contributed by atoms with Gasteiger partial charge in [0, 0.05) is 33.9 Å². The highest BCUT2D eigenvalue weighted by Crippen LogP contribution is 2.48. The van der Waals surface area contributed by atoms with E-state index in [2.05, 4.69) is 10.2 Å². The second-order valence-corrected chi connectivity index (χ2v) is 13.0. The molecule has 0 spiro atoms. The van der Waals surface area contributed by atoms with Crippen LogP contribution in [0.1, 0.15) is 75.0 Å². The molecular weight excluding hydrogens is 641 g/mol. The Labute approximate surface area is 273 Å². The number of ether oxygens (including phenoxy) is 1. The molecule has 2 aliphatic rings. The van der Waals surface area contributed by atoms with E-state index in [9.17, 15) is 23.7 Å². The smallest absolute Gasteiger partial charge is 0.337 e. The molecule has 1 fully saturated rings. The highest BCUT2D eigenvalue weighted by atomic mass is 35.5. The Morgan fingerprint density at radius 1 is 1.04 bits per heavy atom. The number of halogens is 2. The monoisotopic (exact) mass is 673 g/mol. The molecule has 3 aromatic rings. The molecule has 238 valence electrons. The summed E-state index contributed by atoms with van der Waals surface area (Å²) in [5, 5.41) is 11.1. The third kappa shape index (κ3) is 7.18. The molecule has 0 radical (unpaired) electrons. The van der Waals surface area contributed by atoms with E-state index in [0.717, 1.165) is 12.8 Å². The Balaban J connectivity index is 1.56. The van der Waals surface area contributed by atoms with E-state index in [1.165, 1.54) is 25.3 Å². The van der Waals surface area contributed by atoms with Gasteiger partial charge in [-0.15, -0.1) is 0 Å². The molecule has 1 aliphatic carbocycles. The van der Waals surface area contributed by atoms with Crippen molar-refractivity contribution >= 4 is 52.0 Å². The van der Waals surface area contributed by atoms with E-state index in [1.54, 1.807) is 53.6 Å². The zero-order valence-electron chi connectivity index (χ0n) is 24.6. The van der Waals surface area contributed by atoms with Crippen molar-refractivity contribution in [2.75, 3.05) is 13.4 Å². The first-order valence-corrected chi connectivity index (χ1v) is 16.7. The third-order valence-electron chi connectivity index (χ3n) is 8.18. The fourth-order valence-corrected chi connectivity index (χ4v) is 7.49. The number of nitrogens with one attached hydrogen (secondary N) is 2. The Morgan fingerprint density at radius 2 is 1.82 bits per heavy atom. The van der Waals surface area contributed by atoms with E-state index >= 15 is 0 Å². The van der Waals surface area contributed by atoms with Crippen LogP contribution in [0.4, 0.5) is 0 Å². The first kappa shape index (κ1) is 32.9. The molecule has 45 heavy (non-hydrogen) atoms. The quantitative estimate of drug-likeness (QED) is 0.210. The summed E-state index contributed by atoms with van der Waals surface area (Å²) in [5.74, 6) is -2.62. The van der Waals surface area contributed by atoms with Crippen LogP contribution in [0, 0.1) is 0 Å². The van der Waals surface area contributed by atoms with Gasteiger partial charge in [0.25, 0.3) is 11.8 Å². The number of esters is 1. The van der Waals surface area contributed by atoms with Crippen molar-refractivity contribution in [2.24, 2.45) is 0 Å². The minimum Gasteiger partial charge on any atom is -0.508 e. The minimum absolute atomic E-state index is 0.0673. The van der Waals surface area contributed by atoms with Crippen LogP contribution in [0.2, 0.25) is 10.0 Å². The van der Waals surface area contributed by atoms with Gasteiger partial charge in [-0.25, -0.2) is 19.2 Å². The standard InChI is InChI=1S/C32H33Cl2N3O7S/c1-43-32(41)19-7-5-6-18(14-19)17-44-35-30(39)28-24-16-21(38)11-13-22(24)31(40)37(27-9-4-3-8-26(27)36-45(2)42)29(28)23-12-10-20(33)15-25(23)34/h5-7,10-16,26-29,36,38H,3-4,8-9,17H2,1-2H3,(H,35,39)/t26-,27?,28+,29-,45?/m0/s1. The summed E-state index contributed by atoms with van der Waals surface area (Å²) in [7, 11) is -0.0614. The molecule has 0 bridgehead atoms. The molecule has 3 aromatic carbocycles. The van der Waals surface area contributed by atoms with Crippen LogP contribution in [0.15, 0.2) is 60.7 Å². The Hall–Kier alpha value is -3.48. The van der Waals surface area contributed by atoms with E-state index < -0.39 is 40.9 Å². The average Bonchev–Trinajstić information content (AvgIpc) is 3.01. The fourth-order valence-electron chi connectivity index (χ4n) is 6.27. The highest BCUT2D eigenvalue weighted by molar-refractivity contribution is 7.82. The summed E-state index contributed by atoms with van der Waals surface area (Å²) in [6, 6.07) is 14.1. The van der Waals surface area contributed by atoms with Gasteiger partial charge in [0.2, 0.25) is 0 Å². The molecule has 5 atom stereocenters. The highest BCUT2D eigenvalue weighted by Gasteiger charge is 2.49. The normalized spacial score (nSPS) is 22.0. The number of hydrogen-bond acceptors (Lipinski definition) is 7. The first-order valence-electron chi connectivity index (χ1n) is 14.4. The van der Waals surface area contributed by atoms with E-state index in [0.29, 0.717) is 40.1 Å². The molecule has 1 aliphatic heterocycles. The van der Waals surface area contributed by atoms with Crippen molar-refractivity contribution in [3.05, 3.63) is 98.5 Å². The predicted octanol–water partition coefficient (Wildman–Crippen LogP) is 5.21. The number of methoxy groups -OCH3 is 1. The molecule has 0 aromatic heterocycles. The molecule has 13 heteroatoms. The maximum atomic E-state index is 14.4. The fraction of sp³-hybridized carbons (Fsp3) is 0.344. The number of phenols is 1. The minimum atomic E-state index is -1.35. The van der Waals surface area contributed by atoms with Crippen LogP contribution < -0.4 is 10.2 Å². The molecule has 0 saturated heterocycles. The largest absolute Gasteiger partial charge is 0.508 e. The van der Waals surface area contributed by atoms with Crippen LogP contribution in [0.3, 0.4) is 0 Å². The maximum Gasteiger partial charge on any atom is 0.337 e. The number of carbonyl (C=O) groups excluding carboxylic acids is 3. The molecule has 1 heterocycles. The SMILES string of the molecule is COC(=O)c1cccc(CONC(=O)[C@@H]2c3cc(O)ccc3C(=O)N(C3CCCC[C@@H]3NS(C)=O)[C@H]2c2ccc(Cl)cc2Cl)c1. The van der Waals surface area contributed by atoms with Crippen molar-refractivity contribution in [1.82, 2.24) is 15.1 Å². The van der Waals surface area contributed by atoms with Gasteiger partial charge in [-0.2, -0.15) is 0 Å². The lowest BCUT2D eigenvalue weighted by molar-refractivity contribution is -0.138. The van der Waals surface area contributed by atoms with Gasteiger partial charge in [-0.3, -0.25) is 14.4 Å². The van der Waals surface area contributed by atoms with E-state index in [1.807, 2.05) is 0 Å². The van der Waals surface area contributed by atoms with Crippen LogP contribution in [0.25, 0.3) is 0 Å². The lowest BCUT2D eigenvalue weighted by atomic mass is 9.76. The number of nitrogens with zero attached hydrogens (tertiary/aromatic N) is 1. The summed E-state index contributed by atoms with van der Waals surface area (Å²) in [4.78, 5) is 47.8. The second kappa shape index (κ2) is 14.3. The van der Waals surface area contributed by atoms with E-state index in [4.69, 9.17) is 32.8 Å². The third-order valence-corrected chi connectivity index (χ3v) is 9.38. The van der Waals surface area contributed by atoms with Crippen LogP contribution >= 0.6 is 23.2 Å². The maximum absolute atomic E-state index is 14.4. The number of benzene rings is 3. The van der Waals surface area contributed by atoms with Crippen LogP contribution in [-0.4, -0.2) is 57.4 Å². The van der Waals surface area contributed by atoms with Gasteiger partial charge >= 0.3 is 5.97 Å². The number of rotatable bonds is 9. The Bertz CT molecular complexity index is 1640. The number of aromatic hydroxyl groups is 1. The molecule has 5 rings (SSSR count). The zero-order valence-corrected chi connectivity index (χ0v) is 27.0. The lowest BCUT2D eigenvalue weighted by Gasteiger charge is -2.49. The van der Waals surface area contributed by atoms with Gasteiger partial charge in [0.15, 0.2) is 0 Å². The van der Waals surface area contributed by atoms with Crippen LogP contribution in [0.5, 0.6) is 5.75 Å². The van der Waals surface area contributed by atoms with Crippen molar-refractivity contribution < 1.29 is 33.3 Å². The second-order valence-electron chi connectivity index (χ2n) is 11.0. The molecule has 2 unspecified atom stereocenters. The Kier molecular flexibility index (Phi) is 10.5. The number of carbonyl (C=O) groups is 3. The number of phenolic OH excluding ortho intramolecular Hbond substituents is 1. The van der Waals surface area contributed by atoms with Crippen LogP contribution in [-0.2, 0) is 32.0 Å². The van der Waals surface area contributed by atoms with Gasteiger partial charge in [-0.1, -0.05) is 54.2 Å². The summed E-state index contributed by atoms with van der Waals surface area (Å²) < 4.78 is 20.2.